The molecule has 0 atom stereocenters. The van der Waals surface area contributed by atoms with E-state index in [1.54, 1.807) is 10.9 Å². The summed E-state index contributed by atoms with van der Waals surface area (Å²) < 4.78 is 2.83. The highest BCUT2D eigenvalue weighted by Gasteiger charge is 1.99. The summed E-state index contributed by atoms with van der Waals surface area (Å²) in [5.74, 6) is 0. The van der Waals surface area contributed by atoms with Crippen LogP contribution in [0.2, 0.25) is 0 Å². The van der Waals surface area contributed by atoms with E-state index in [1.165, 1.54) is 0 Å². The van der Waals surface area contributed by atoms with Crippen molar-refractivity contribution in [3.05, 3.63) is 41.0 Å². The van der Waals surface area contributed by atoms with Gasteiger partial charge in [0.1, 0.15) is 0 Å². The first-order valence-electron chi connectivity index (χ1n) is 3.76. The molecule has 0 aliphatic carbocycles. The SMILES string of the molecule is Sc1ccnn1-c1ccc(Br)cc1. The Morgan fingerprint density at radius 3 is 2.38 bits per heavy atom. The number of hydrogen-bond donors (Lipinski definition) is 1. The summed E-state index contributed by atoms with van der Waals surface area (Å²) in [5.41, 5.74) is 1.01. The van der Waals surface area contributed by atoms with Crippen molar-refractivity contribution in [2.45, 2.75) is 5.03 Å². The lowest BCUT2D eigenvalue weighted by atomic mass is 10.3. The van der Waals surface area contributed by atoms with Crippen molar-refractivity contribution in [3.63, 3.8) is 0 Å². The fourth-order valence-electron chi connectivity index (χ4n) is 1.08. The zero-order chi connectivity index (χ0) is 9.26. The normalized spacial score (nSPS) is 10.3. The molecule has 0 amide bonds. The van der Waals surface area contributed by atoms with Gasteiger partial charge in [-0.3, -0.25) is 0 Å². The van der Waals surface area contributed by atoms with Gasteiger partial charge in [-0.15, -0.1) is 12.6 Å². The molecule has 0 aliphatic rings. The molecule has 0 fully saturated rings. The molecule has 2 nitrogen and oxygen atoms in total. The lowest BCUT2D eigenvalue weighted by Crippen LogP contribution is -1.95. The molecule has 2 aromatic rings. The third kappa shape index (κ3) is 1.78. The van der Waals surface area contributed by atoms with E-state index in [1.807, 2.05) is 30.3 Å². The second kappa shape index (κ2) is 3.55. The highest BCUT2D eigenvalue weighted by molar-refractivity contribution is 9.10. The first-order chi connectivity index (χ1) is 6.27. The van der Waals surface area contributed by atoms with Crippen LogP contribution in [0.3, 0.4) is 0 Å². The molecular formula is C9H7BrN2S. The second-order valence-corrected chi connectivity index (χ2v) is 3.95. The van der Waals surface area contributed by atoms with Crippen LogP contribution in [0.15, 0.2) is 46.0 Å². The number of thiol groups is 1. The Morgan fingerprint density at radius 2 is 1.85 bits per heavy atom. The number of halogens is 1. The number of nitrogens with zero attached hydrogens (tertiary/aromatic N) is 2. The third-order valence-corrected chi connectivity index (χ3v) is 2.56. The zero-order valence-electron chi connectivity index (χ0n) is 6.68. The predicted molar refractivity (Wildman–Crippen MR) is 58.5 cm³/mol. The van der Waals surface area contributed by atoms with Gasteiger partial charge in [-0.25, -0.2) is 4.68 Å². The number of aromatic nitrogens is 2. The van der Waals surface area contributed by atoms with E-state index in [2.05, 4.69) is 33.7 Å². The molecule has 0 saturated heterocycles. The summed E-state index contributed by atoms with van der Waals surface area (Å²) in [6.07, 6.45) is 1.73. The fraction of sp³-hybridized carbons (Fsp3) is 0. The molecular weight excluding hydrogens is 248 g/mol. The van der Waals surface area contributed by atoms with Crippen LogP contribution >= 0.6 is 28.6 Å². The number of hydrogen-bond acceptors (Lipinski definition) is 2. The minimum absolute atomic E-state index is 0.835. The maximum Gasteiger partial charge on any atom is 0.0968 e. The summed E-state index contributed by atoms with van der Waals surface area (Å²) in [4.78, 5) is 0. The van der Waals surface area contributed by atoms with E-state index < -0.39 is 0 Å². The van der Waals surface area contributed by atoms with Gasteiger partial charge in [-0.2, -0.15) is 5.10 Å². The molecule has 0 N–H and O–H groups in total. The van der Waals surface area contributed by atoms with Crippen molar-refractivity contribution in [2.24, 2.45) is 0 Å². The minimum Gasteiger partial charge on any atom is -0.228 e. The Bertz CT molecular complexity index is 408. The fourth-order valence-corrected chi connectivity index (χ4v) is 1.58. The standard InChI is InChI=1S/C9H7BrN2S/c10-7-1-3-8(4-2-7)12-9(13)5-6-11-12/h1-6,13H. The van der Waals surface area contributed by atoms with Gasteiger partial charge >= 0.3 is 0 Å². The maximum atomic E-state index is 4.28. The topological polar surface area (TPSA) is 17.8 Å². The highest BCUT2D eigenvalue weighted by atomic mass is 79.9. The van der Waals surface area contributed by atoms with Gasteiger partial charge < -0.3 is 0 Å². The molecule has 1 heterocycles. The van der Waals surface area contributed by atoms with Crippen LogP contribution in [-0.2, 0) is 0 Å². The molecule has 0 spiro atoms. The van der Waals surface area contributed by atoms with Gasteiger partial charge in [0.25, 0.3) is 0 Å². The average Bonchev–Trinajstić information content (AvgIpc) is 2.53. The summed E-state index contributed by atoms with van der Waals surface area (Å²) in [6, 6.07) is 9.77. The van der Waals surface area contributed by atoms with Gasteiger partial charge in [0.15, 0.2) is 0 Å². The van der Waals surface area contributed by atoms with Crippen LogP contribution in [-0.4, -0.2) is 9.78 Å². The monoisotopic (exact) mass is 254 g/mol. The van der Waals surface area contributed by atoms with E-state index in [9.17, 15) is 0 Å². The predicted octanol–water partition coefficient (Wildman–Crippen LogP) is 2.92. The van der Waals surface area contributed by atoms with Crippen LogP contribution in [0.4, 0.5) is 0 Å². The quantitative estimate of drug-likeness (QED) is 0.776. The van der Waals surface area contributed by atoms with E-state index >= 15 is 0 Å². The summed E-state index contributed by atoms with van der Waals surface area (Å²) in [7, 11) is 0. The first-order valence-corrected chi connectivity index (χ1v) is 5.00. The Kier molecular flexibility index (Phi) is 2.42. The van der Waals surface area contributed by atoms with Crippen molar-refractivity contribution in [2.75, 3.05) is 0 Å². The second-order valence-electron chi connectivity index (χ2n) is 2.58. The van der Waals surface area contributed by atoms with E-state index in [-0.39, 0.29) is 0 Å². The minimum atomic E-state index is 0.835. The van der Waals surface area contributed by atoms with Gasteiger partial charge in [-0.05, 0) is 30.3 Å². The van der Waals surface area contributed by atoms with E-state index in [0.717, 1.165) is 15.2 Å². The Hall–Kier alpha value is -0.740. The molecule has 0 saturated carbocycles. The van der Waals surface area contributed by atoms with Gasteiger partial charge in [0.05, 0.1) is 16.9 Å². The molecule has 1 aromatic heterocycles. The molecule has 0 radical (unpaired) electrons. The Labute approximate surface area is 90.1 Å². The van der Waals surface area contributed by atoms with E-state index in [4.69, 9.17) is 0 Å². The van der Waals surface area contributed by atoms with Crippen molar-refractivity contribution in [1.29, 1.82) is 0 Å². The largest absolute Gasteiger partial charge is 0.228 e. The maximum absolute atomic E-state index is 4.28. The third-order valence-electron chi connectivity index (χ3n) is 1.69. The van der Waals surface area contributed by atoms with Crippen LogP contribution in [0.25, 0.3) is 5.69 Å². The van der Waals surface area contributed by atoms with Crippen LogP contribution < -0.4 is 0 Å². The summed E-state index contributed by atoms with van der Waals surface area (Å²) in [6.45, 7) is 0. The molecule has 13 heavy (non-hydrogen) atoms. The average molecular weight is 255 g/mol. The molecule has 66 valence electrons. The summed E-state index contributed by atoms with van der Waals surface area (Å²) in [5, 5.41) is 4.98. The highest BCUT2D eigenvalue weighted by Crippen LogP contribution is 2.16. The van der Waals surface area contributed by atoms with Crippen molar-refractivity contribution in [3.8, 4) is 5.69 Å². The van der Waals surface area contributed by atoms with Gasteiger partial charge in [0, 0.05) is 4.47 Å². The lowest BCUT2D eigenvalue weighted by molar-refractivity contribution is 0.806. The van der Waals surface area contributed by atoms with Crippen LogP contribution in [0.5, 0.6) is 0 Å². The van der Waals surface area contributed by atoms with Crippen LogP contribution in [0, 0.1) is 0 Å². The Morgan fingerprint density at radius 1 is 1.15 bits per heavy atom. The molecule has 2 rings (SSSR count). The number of rotatable bonds is 1. The first kappa shape index (κ1) is 8.84. The van der Waals surface area contributed by atoms with Gasteiger partial charge in [0.2, 0.25) is 0 Å². The molecule has 0 aliphatic heterocycles. The molecule has 1 aromatic carbocycles. The number of benzene rings is 1. The summed E-state index contributed by atoms with van der Waals surface area (Å²) >= 11 is 7.65. The van der Waals surface area contributed by atoms with E-state index in [0.29, 0.717) is 0 Å². The van der Waals surface area contributed by atoms with Crippen LogP contribution in [0.1, 0.15) is 0 Å². The van der Waals surface area contributed by atoms with Gasteiger partial charge in [-0.1, -0.05) is 15.9 Å². The van der Waals surface area contributed by atoms with Crippen molar-refractivity contribution >= 4 is 28.6 Å². The molecule has 4 heteroatoms. The zero-order valence-corrected chi connectivity index (χ0v) is 9.16. The molecule has 0 unspecified atom stereocenters. The van der Waals surface area contributed by atoms with Crippen molar-refractivity contribution < 1.29 is 0 Å². The molecule has 0 bridgehead atoms. The lowest BCUT2D eigenvalue weighted by Gasteiger charge is -2.02. The Balaban J connectivity index is 2.47. The van der Waals surface area contributed by atoms with Crippen molar-refractivity contribution in [1.82, 2.24) is 9.78 Å². The smallest absolute Gasteiger partial charge is 0.0968 e.